The number of carbonyl (C=O) groups excluding carboxylic acids is 1. The highest BCUT2D eigenvalue weighted by molar-refractivity contribution is 6.05. The lowest BCUT2D eigenvalue weighted by molar-refractivity contribution is -0.125. The number of hydrogen-bond donors (Lipinski definition) is 1. The Hall–Kier alpha value is -1.35. The number of nitrogens with zero attached hydrogens (tertiary/aromatic N) is 1. The van der Waals surface area contributed by atoms with Crippen LogP contribution in [0.3, 0.4) is 0 Å². The number of hydrogen-bond acceptors (Lipinski definition) is 2. The SMILES string of the molecule is Cc1cccc(N2C(=O)[C@@H](N)[C@@H]2C)c1. The van der Waals surface area contributed by atoms with Crippen LogP contribution < -0.4 is 10.6 Å². The van der Waals surface area contributed by atoms with Crippen molar-refractivity contribution < 1.29 is 4.79 Å². The van der Waals surface area contributed by atoms with Crippen molar-refractivity contribution in [2.24, 2.45) is 5.73 Å². The zero-order valence-electron chi connectivity index (χ0n) is 8.40. The van der Waals surface area contributed by atoms with Gasteiger partial charge in [0.15, 0.2) is 0 Å². The smallest absolute Gasteiger partial charge is 0.246 e. The molecule has 1 amide bonds. The lowest BCUT2D eigenvalue weighted by atomic mass is 9.96. The monoisotopic (exact) mass is 190 g/mol. The molecule has 2 rings (SSSR count). The maximum atomic E-state index is 11.5. The summed E-state index contributed by atoms with van der Waals surface area (Å²) in [7, 11) is 0. The van der Waals surface area contributed by atoms with E-state index in [2.05, 4.69) is 0 Å². The van der Waals surface area contributed by atoms with Crippen molar-refractivity contribution in [3.63, 3.8) is 0 Å². The third-order valence-corrected chi connectivity index (χ3v) is 2.73. The summed E-state index contributed by atoms with van der Waals surface area (Å²) in [4.78, 5) is 13.2. The third kappa shape index (κ3) is 1.21. The summed E-state index contributed by atoms with van der Waals surface area (Å²) in [5, 5.41) is 0. The van der Waals surface area contributed by atoms with Gasteiger partial charge in [0.2, 0.25) is 5.91 Å². The summed E-state index contributed by atoms with van der Waals surface area (Å²) in [5.74, 6) is 0.0168. The molecule has 2 atom stereocenters. The molecule has 0 spiro atoms. The average molecular weight is 190 g/mol. The van der Waals surface area contributed by atoms with Gasteiger partial charge in [-0.2, -0.15) is 0 Å². The molecule has 1 aliphatic heterocycles. The van der Waals surface area contributed by atoms with Crippen molar-refractivity contribution in [1.29, 1.82) is 0 Å². The van der Waals surface area contributed by atoms with E-state index >= 15 is 0 Å². The normalized spacial score (nSPS) is 26.2. The molecule has 1 aliphatic rings. The van der Waals surface area contributed by atoms with E-state index in [9.17, 15) is 4.79 Å². The molecule has 0 aromatic heterocycles. The van der Waals surface area contributed by atoms with Gasteiger partial charge >= 0.3 is 0 Å². The van der Waals surface area contributed by atoms with Gasteiger partial charge in [0, 0.05) is 5.69 Å². The number of nitrogens with two attached hydrogens (primary N) is 1. The van der Waals surface area contributed by atoms with Crippen molar-refractivity contribution in [2.45, 2.75) is 25.9 Å². The molecule has 74 valence electrons. The first-order chi connectivity index (χ1) is 6.61. The van der Waals surface area contributed by atoms with Crippen LogP contribution in [-0.2, 0) is 4.79 Å². The topological polar surface area (TPSA) is 46.3 Å². The maximum absolute atomic E-state index is 11.5. The predicted molar refractivity (Wildman–Crippen MR) is 56.1 cm³/mol. The highest BCUT2D eigenvalue weighted by atomic mass is 16.2. The van der Waals surface area contributed by atoms with Gasteiger partial charge in [-0.15, -0.1) is 0 Å². The summed E-state index contributed by atoms with van der Waals surface area (Å²) in [5.41, 5.74) is 7.74. The van der Waals surface area contributed by atoms with Crippen LogP contribution in [0.4, 0.5) is 5.69 Å². The van der Waals surface area contributed by atoms with E-state index in [1.807, 2.05) is 38.1 Å². The van der Waals surface area contributed by atoms with E-state index < -0.39 is 0 Å². The minimum Gasteiger partial charge on any atom is -0.318 e. The minimum absolute atomic E-state index is 0.0168. The quantitative estimate of drug-likeness (QED) is 0.673. The van der Waals surface area contributed by atoms with Crippen molar-refractivity contribution in [2.75, 3.05) is 4.90 Å². The first-order valence-corrected chi connectivity index (χ1v) is 4.76. The van der Waals surface area contributed by atoms with Crippen molar-refractivity contribution >= 4 is 11.6 Å². The highest BCUT2D eigenvalue weighted by Crippen LogP contribution is 2.27. The molecule has 2 N–H and O–H groups in total. The number of amides is 1. The molecule has 0 unspecified atom stereocenters. The number of rotatable bonds is 1. The van der Waals surface area contributed by atoms with Crippen LogP contribution >= 0.6 is 0 Å². The Bertz CT molecular complexity index is 375. The molecule has 0 bridgehead atoms. The molecular formula is C11H14N2O. The second kappa shape index (κ2) is 3.10. The van der Waals surface area contributed by atoms with Crippen LogP contribution in [0.15, 0.2) is 24.3 Å². The fourth-order valence-electron chi connectivity index (χ4n) is 1.79. The molecule has 1 saturated heterocycles. The van der Waals surface area contributed by atoms with E-state index in [0.29, 0.717) is 0 Å². The molecule has 1 aromatic carbocycles. The Morgan fingerprint density at radius 1 is 1.43 bits per heavy atom. The van der Waals surface area contributed by atoms with E-state index in [0.717, 1.165) is 11.3 Å². The molecule has 1 heterocycles. The summed E-state index contributed by atoms with van der Waals surface area (Å²) in [6.07, 6.45) is 0. The maximum Gasteiger partial charge on any atom is 0.246 e. The van der Waals surface area contributed by atoms with Gasteiger partial charge in [-0.1, -0.05) is 12.1 Å². The van der Waals surface area contributed by atoms with Crippen LogP contribution in [0.1, 0.15) is 12.5 Å². The fourth-order valence-corrected chi connectivity index (χ4v) is 1.79. The van der Waals surface area contributed by atoms with E-state index in [-0.39, 0.29) is 18.0 Å². The molecule has 0 aliphatic carbocycles. The average Bonchev–Trinajstić information content (AvgIpc) is 2.18. The van der Waals surface area contributed by atoms with Crippen LogP contribution in [-0.4, -0.2) is 18.0 Å². The number of carbonyl (C=O) groups is 1. The van der Waals surface area contributed by atoms with Gasteiger partial charge in [0.1, 0.15) is 6.04 Å². The summed E-state index contributed by atoms with van der Waals surface area (Å²) < 4.78 is 0. The number of β-lactam (4-membered cyclic amide) rings is 1. The van der Waals surface area contributed by atoms with Crippen LogP contribution in [0.25, 0.3) is 0 Å². The summed E-state index contributed by atoms with van der Waals surface area (Å²) in [6, 6.07) is 7.69. The van der Waals surface area contributed by atoms with Gasteiger partial charge in [0.05, 0.1) is 6.04 Å². The highest BCUT2D eigenvalue weighted by Gasteiger charge is 2.42. The Kier molecular flexibility index (Phi) is 2.04. The zero-order chi connectivity index (χ0) is 10.3. The largest absolute Gasteiger partial charge is 0.318 e. The molecule has 0 saturated carbocycles. The number of anilines is 1. The molecule has 0 radical (unpaired) electrons. The van der Waals surface area contributed by atoms with Crippen molar-refractivity contribution in [3.05, 3.63) is 29.8 Å². The molecule has 1 aromatic rings. The Balaban J connectivity index is 2.29. The lowest BCUT2D eigenvalue weighted by Gasteiger charge is -2.43. The molecule has 14 heavy (non-hydrogen) atoms. The molecule has 3 heteroatoms. The standard InChI is InChI=1S/C11H14N2O/c1-7-4-3-5-9(6-7)13-8(2)10(12)11(13)14/h3-6,8,10H,12H2,1-2H3/t8-,10-/m0/s1. The minimum atomic E-state index is -0.324. The van der Waals surface area contributed by atoms with Crippen LogP contribution in [0.5, 0.6) is 0 Å². The van der Waals surface area contributed by atoms with Crippen molar-refractivity contribution in [3.8, 4) is 0 Å². The predicted octanol–water partition coefficient (Wildman–Crippen LogP) is 1.06. The second-order valence-electron chi connectivity index (χ2n) is 3.81. The third-order valence-electron chi connectivity index (χ3n) is 2.73. The van der Waals surface area contributed by atoms with Gasteiger partial charge < -0.3 is 10.6 Å². The fraction of sp³-hybridized carbons (Fsp3) is 0.364. The van der Waals surface area contributed by atoms with E-state index in [1.165, 1.54) is 0 Å². The van der Waals surface area contributed by atoms with Gasteiger partial charge in [-0.25, -0.2) is 0 Å². The zero-order valence-corrected chi connectivity index (χ0v) is 8.40. The Morgan fingerprint density at radius 3 is 2.71 bits per heavy atom. The number of benzene rings is 1. The lowest BCUT2D eigenvalue weighted by Crippen LogP contribution is -2.67. The molecular weight excluding hydrogens is 176 g/mol. The molecule has 1 fully saturated rings. The summed E-state index contributed by atoms with van der Waals surface area (Å²) >= 11 is 0. The molecule has 3 nitrogen and oxygen atoms in total. The second-order valence-corrected chi connectivity index (χ2v) is 3.81. The van der Waals surface area contributed by atoms with Gasteiger partial charge in [0.25, 0.3) is 0 Å². The van der Waals surface area contributed by atoms with E-state index in [4.69, 9.17) is 5.73 Å². The Morgan fingerprint density at radius 2 is 2.14 bits per heavy atom. The van der Waals surface area contributed by atoms with Crippen LogP contribution in [0, 0.1) is 6.92 Å². The summed E-state index contributed by atoms with van der Waals surface area (Å²) in [6.45, 7) is 3.98. The van der Waals surface area contributed by atoms with Crippen molar-refractivity contribution in [1.82, 2.24) is 0 Å². The van der Waals surface area contributed by atoms with Gasteiger partial charge in [-0.05, 0) is 31.5 Å². The van der Waals surface area contributed by atoms with E-state index in [1.54, 1.807) is 4.90 Å². The first-order valence-electron chi connectivity index (χ1n) is 4.76. The number of aryl methyl sites for hydroxylation is 1. The first kappa shape index (κ1) is 9.21. The van der Waals surface area contributed by atoms with Gasteiger partial charge in [-0.3, -0.25) is 4.79 Å². The Labute approximate surface area is 83.5 Å². The van der Waals surface area contributed by atoms with Crippen LogP contribution in [0.2, 0.25) is 0 Å².